The molecule has 4 rings (SSSR count). The van der Waals surface area contributed by atoms with Crippen LogP contribution in [0.1, 0.15) is 31.8 Å². The third-order valence-corrected chi connectivity index (χ3v) is 4.32. The number of allylic oxidation sites excluding steroid dienone is 1. The second-order valence-electron chi connectivity index (χ2n) is 6.16. The maximum Gasteiger partial charge on any atom is 0.346 e. The summed E-state index contributed by atoms with van der Waals surface area (Å²) in [4.78, 5) is 28.9. The maximum absolute atomic E-state index is 13.8. The lowest BCUT2D eigenvalue weighted by atomic mass is 10.1. The fraction of sp³-hybridized carbons (Fsp3) is 0.0455. The van der Waals surface area contributed by atoms with Gasteiger partial charge in [-0.3, -0.25) is 9.78 Å². The van der Waals surface area contributed by atoms with E-state index in [9.17, 15) is 14.0 Å². The highest BCUT2D eigenvalue weighted by Crippen LogP contribution is 2.39. The molecule has 0 amide bonds. The molecule has 1 aliphatic rings. The maximum atomic E-state index is 13.8. The molecule has 2 aromatic carbocycles. The van der Waals surface area contributed by atoms with Crippen molar-refractivity contribution in [3.63, 3.8) is 0 Å². The molecule has 0 radical (unpaired) electrons. The van der Waals surface area contributed by atoms with Crippen LogP contribution in [0.4, 0.5) is 4.39 Å². The molecule has 0 aliphatic carbocycles. The number of ether oxygens (including phenoxy) is 2. The van der Waals surface area contributed by atoms with Crippen LogP contribution in [0.5, 0.6) is 11.5 Å². The number of rotatable bonds is 3. The minimum absolute atomic E-state index is 0.156. The third kappa shape index (κ3) is 3.16. The Hall–Kier alpha value is -3.80. The van der Waals surface area contributed by atoms with Crippen molar-refractivity contribution in [1.29, 1.82) is 0 Å². The monoisotopic (exact) mass is 375 g/mol. The first-order valence-electron chi connectivity index (χ1n) is 8.49. The number of fused-ring (bicyclic) bond motifs is 1. The number of carbonyl (C=O) groups is 2. The molecule has 3 aromatic rings. The Kier molecular flexibility index (Phi) is 4.45. The lowest BCUT2D eigenvalue weighted by molar-refractivity contribution is 0.0728. The van der Waals surface area contributed by atoms with Gasteiger partial charge in [-0.15, -0.1) is 0 Å². The number of nitrogens with zero attached hydrogens (tertiary/aromatic N) is 1. The van der Waals surface area contributed by atoms with Crippen molar-refractivity contribution in [2.45, 2.75) is 6.92 Å². The molecule has 0 spiro atoms. The Morgan fingerprint density at radius 1 is 1.14 bits per heavy atom. The summed E-state index contributed by atoms with van der Waals surface area (Å²) in [5.41, 5.74) is 1.41. The first-order valence-corrected chi connectivity index (χ1v) is 8.49. The lowest BCUT2D eigenvalue weighted by Crippen LogP contribution is -2.11. The van der Waals surface area contributed by atoms with Crippen LogP contribution >= 0.6 is 0 Å². The van der Waals surface area contributed by atoms with Crippen LogP contribution in [-0.2, 0) is 0 Å². The summed E-state index contributed by atoms with van der Waals surface area (Å²) in [6.07, 6.45) is 4.84. The van der Waals surface area contributed by atoms with Gasteiger partial charge in [0.05, 0.1) is 11.1 Å². The van der Waals surface area contributed by atoms with E-state index in [2.05, 4.69) is 4.98 Å². The SMILES string of the molecule is Cc1c(OC(=O)c2ccccc2F)ccc2c1O/C(=C\c1cccnc1)C2=O. The van der Waals surface area contributed by atoms with Crippen LogP contribution < -0.4 is 9.47 Å². The van der Waals surface area contributed by atoms with E-state index in [1.54, 1.807) is 43.6 Å². The van der Waals surface area contributed by atoms with Gasteiger partial charge in [-0.2, -0.15) is 0 Å². The molecule has 1 aromatic heterocycles. The van der Waals surface area contributed by atoms with E-state index < -0.39 is 11.8 Å². The van der Waals surface area contributed by atoms with Gasteiger partial charge in [0, 0.05) is 18.0 Å². The van der Waals surface area contributed by atoms with Crippen molar-refractivity contribution in [3.8, 4) is 11.5 Å². The Morgan fingerprint density at radius 2 is 1.96 bits per heavy atom. The highest BCUT2D eigenvalue weighted by Gasteiger charge is 2.30. The van der Waals surface area contributed by atoms with Crippen LogP contribution in [0.2, 0.25) is 0 Å². The van der Waals surface area contributed by atoms with Crippen LogP contribution in [-0.4, -0.2) is 16.7 Å². The van der Waals surface area contributed by atoms with Crippen LogP contribution in [0, 0.1) is 12.7 Å². The second kappa shape index (κ2) is 7.08. The molecular weight excluding hydrogens is 361 g/mol. The summed E-state index contributed by atoms with van der Waals surface area (Å²) < 4.78 is 24.8. The van der Waals surface area contributed by atoms with Gasteiger partial charge in [-0.25, -0.2) is 9.18 Å². The zero-order chi connectivity index (χ0) is 19.7. The largest absolute Gasteiger partial charge is 0.452 e. The van der Waals surface area contributed by atoms with Crippen LogP contribution in [0.15, 0.2) is 66.7 Å². The number of esters is 1. The first kappa shape index (κ1) is 17.6. The normalized spacial score (nSPS) is 13.9. The summed E-state index contributed by atoms with van der Waals surface area (Å²) in [7, 11) is 0. The minimum Gasteiger partial charge on any atom is -0.452 e. The topological polar surface area (TPSA) is 65.5 Å². The Bertz CT molecular complexity index is 1120. The smallest absolute Gasteiger partial charge is 0.346 e. The summed E-state index contributed by atoms with van der Waals surface area (Å²) in [5, 5.41) is 0. The van der Waals surface area contributed by atoms with Crippen molar-refractivity contribution >= 4 is 17.8 Å². The van der Waals surface area contributed by atoms with E-state index in [1.165, 1.54) is 30.3 Å². The van der Waals surface area contributed by atoms with E-state index in [1.807, 2.05) is 0 Å². The van der Waals surface area contributed by atoms with Gasteiger partial charge in [0.2, 0.25) is 5.78 Å². The van der Waals surface area contributed by atoms with Crippen molar-refractivity contribution in [1.82, 2.24) is 4.98 Å². The summed E-state index contributed by atoms with van der Waals surface area (Å²) >= 11 is 0. The van der Waals surface area contributed by atoms with E-state index >= 15 is 0 Å². The van der Waals surface area contributed by atoms with E-state index in [4.69, 9.17) is 9.47 Å². The summed E-state index contributed by atoms with van der Waals surface area (Å²) in [6.45, 7) is 1.67. The number of ketones is 1. The van der Waals surface area contributed by atoms with E-state index in [0.717, 1.165) is 5.56 Å². The zero-order valence-corrected chi connectivity index (χ0v) is 14.8. The predicted molar refractivity (Wildman–Crippen MR) is 99.7 cm³/mol. The van der Waals surface area contributed by atoms with Crippen LogP contribution in [0.25, 0.3) is 6.08 Å². The molecule has 0 unspecified atom stereocenters. The predicted octanol–water partition coefficient (Wildman–Crippen LogP) is 4.36. The lowest BCUT2D eigenvalue weighted by Gasteiger charge is -2.10. The van der Waals surface area contributed by atoms with Gasteiger partial charge < -0.3 is 9.47 Å². The number of hydrogen-bond acceptors (Lipinski definition) is 5. The standard InChI is InChI=1S/C22H14FNO4/c1-13-18(28-22(26)15-6-2-3-7-17(15)23)9-8-16-20(25)19(27-21(13)16)11-14-5-4-10-24-12-14/h2-12H,1H3/b19-11-. The molecule has 2 heterocycles. The second-order valence-corrected chi connectivity index (χ2v) is 6.16. The van der Waals surface area contributed by atoms with Gasteiger partial charge in [-0.1, -0.05) is 18.2 Å². The van der Waals surface area contributed by atoms with Crippen molar-refractivity contribution < 1.29 is 23.5 Å². The number of aromatic nitrogens is 1. The first-order chi connectivity index (χ1) is 13.5. The molecule has 1 aliphatic heterocycles. The Morgan fingerprint density at radius 3 is 2.71 bits per heavy atom. The van der Waals surface area contributed by atoms with Gasteiger partial charge in [0.1, 0.15) is 17.3 Å². The number of carbonyl (C=O) groups excluding carboxylic acids is 2. The molecule has 5 nitrogen and oxygen atoms in total. The molecule has 0 atom stereocenters. The Labute approximate surface area is 160 Å². The molecule has 0 N–H and O–H groups in total. The van der Waals surface area contributed by atoms with E-state index in [0.29, 0.717) is 16.9 Å². The van der Waals surface area contributed by atoms with Gasteiger partial charge >= 0.3 is 5.97 Å². The van der Waals surface area contributed by atoms with Gasteiger partial charge in [0.25, 0.3) is 0 Å². The quantitative estimate of drug-likeness (QED) is 0.386. The average molecular weight is 375 g/mol. The molecular formula is C22H14FNO4. The number of halogens is 1. The molecule has 138 valence electrons. The molecule has 0 bridgehead atoms. The average Bonchev–Trinajstić information content (AvgIpc) is 3.01. The highest BCUT2D eigenvalue weighted by molar-refractivity contribution is 6.15. The molecule has 0 saturated carbocycles. The molecule has 6 heteroatoms. The third-order valence-electron chi connectivity index (χ3n) is 4.32. The fourth-order valence-corrected chi connectivity index (χ4v) is 2.87. The minimum atomic E-state index is -0.823. The number of pyridine rings is 1. The van der Waals surface area contributed by atoms with Gasteiger partial charge in [-0.05, 0) is 48.9 Å². The molecule has 28 heavy (non-hydrogen) atoms. The highest BCUT2D eigenvalue weighted by atomic mass is 19.1. The van der Waals surface area contributed by atoms with Crippen molar-refractivity contribution in [3.05, 3.63) is 94.8 Å². The summed E-state index contributed by atoms with van der Waals surface area (Å²) in [6, 6.07) is 12.1. The van der Waals surface area contributed by atoms with E-state index in [-0.39, 0.29) is 22.9 Å². The van der Waals surface area contributed by atoms with Gasteiger partial charge in [0.15, 0.2) is 5.76 Å². The fourth-order valence-electron chi connectivity index (χ4n) is 2.87. The number of benzene rings is 2. The Balaban J connectivity index is 1.63. The number of Topliss-reactive ketones (excluding diaryl/α,β-unsaturated/α-hetero) is 1. The van der Waals surface area contributed by atoms with Crippen molar-refractivity contribution in [2.75, 3.05) is 0 Å². The number of hydrogen-bond donors (Lipinski definition) is 0. The van der Waals surface area contributed by atoms with Crippen molar-refractivity contribution in [2.24, 2.45) is 0 Å². The van der Waals surface area contributed by atoms with Crippen LogP contribution in [0.3, 0.4) is 0 Å². The zero-order valence-electron chi connectivity index (χ0n) is 14.8. The molecule has 0 saturated heterocycles. The molecule has 0 fully saturated rings. The summed E-state index contributed by atoms with van der Waals surface area (Å²) in [5.74, 6) is -1.09.